The normalized spacial score (nSPS) is 18.4. The number of amides is 1. The smallest absolute Gasteiger partial charge is 0.222 e. The van der Waals surface area contributed by atoms with Crippen molar-refractivity contribution in [1.82, 2.24) is 15.5 Å². The molecule has 1 aliphatic rings. The summed E-state index contributed by atoms with van der Waals surface area (Å²) in [5.74, 6) is 1.01. The molecule has 1 fully saturated rings. The Morgan fingerprint density at radius 1 is 1.40 bits per heavy atom. The Labute approximate surface area is 159 Å². The van der Waals surface area contributed by atoms with Crippen molar-refractivity contribution < 1.29 is 4.79 Å². The lowest BCUT2D eigenvalue weighted by Gasteiger charge is -2.31. The molecule has 1 aliphatic heterocycles. The van der Waals surface area contributed by atoms with Crippen LogP contribution in [0.25, 0.3) is 0 Å². The Morgan fingerprint density at radius 2 is 2.20 bits per heavy atom. The second-order valence-corrected chi connectivity index (χ2v) is 7.10. The molecular weight excluding hydrogens is 359 g/mol. The first-order valence-electron chi connectivity index (χ1n) is 8.72. The molecule has 1 aromatic carbocycles. The van der Waals surface area contributed by atoms with E-state index in [1.54, 1.807) is 11.0 Å². The van der Waals surface area contributed by atoms with Crippen LogP contribution in [0.15, 0.2) is 23.2 Å². The second kappa shape index (κ2) is 9.88. The van der Waals surface area contributed by atoms with Crippen molar-refractivity contribution in [2.45, 2.75) is 38.6 Å². The molecule has 2 rings (SSSR count). The Morgan fingerprint density at radius 3 is 2.88 bits per heavy atom. The number of likely N-dealkylation sites (N-methyl/N-ethyl adjacent to an activating group) is 1. The fraction of sp³-hybridized carbons (Fsp3) is 0.556. The number of rotatable bonds is 6. The number of nitrogens with zero attached hydrogens (tertiary/aromatic N) is 2. The van der Waals surface area contributed by atoms with Gasteiger partial charge in [-0.15, -0.1) is 0 Å². The van der Waals surface area contributed by atoms with E-state index in [1.165, 1.54) is 0 Å². The zero-order valence-electron chi connectivity index (χ0n) is 14.8. The maximum Gasteiger partial charge on any atom is 0.222 e. The molecule has 5 nitrogen and oxygen atoms in total. The van der Waals surface area contributed by atoms with Crippen LogP contribution in [0.4, 0.5) is 0 Å². The number of guanidine groups is 1. The molecule has 1 amide bonds. The molecule has 25 heavy (non-hydrogen) atoms. The highest BCUT2D eigenvalue weighted by Crippen LogP contribution is 2.22. The van der Waals surface area contributed by atoms with Gasteiger partial charge >= 0.3 is 0 Å². The summed E-state index contributed by atoms with van der Waals surface area (Å²) in [6, 6.07) is 5.84. The molecule has 2 N–H and O–H groups in total. The van der Waals surface area contributed by atoms with E-state index in [4.69, 9.17) is 23.2 Å². The molecule has 1 saturated heterocycles. The van der Waals surface area contributed by atoms with Gasteiger partial charge in [0.05, 0.1) is 0 Å². The van der Waals surface area contributed by atoms with E-state index in [1.807, 2.05) is 26.1 Å². The van der Waals surface area contributed by atoms with Gasteiger partial charge < -0.3 is 15.5 Å². The minimum absolute atomic E-state index is 0.208. The minimum Gasteiger partial charge on any atom is -0.357 e. The highest BCUT2D eigenvalue weighted by Gasteiger charge is 2.23. The van der Waals surface area contributed by atoms with Gasteiger partial charge in [-0.2, -0.15) is 0 Å². The van der Waals surface area contributed by atoms with Crippen LogP contribution in [0, 0.1) is 0 Å². The monoisotopic (exact) mass is 384 g/mol. The lowest BCUT2D eigenvalue weighted by atomic mass is 10.1. The number of aryl methyl sites for hydroxylation is 1. The molecule has 0 aromatic heterocycles. The standard InChI is InChI=1S/C18H26Cl2N4O/c1-3-21-18(23-15-8-9-17(25)24(2)12-15)22-10-4-5-13-6-7-14(19)11-16(13)20/h6-7,11,15H,3-5,8-10,12H2,1-2H3,(H2,21,22,23). The number of nitrogens with one attached hydrogen (secondary N) is 2. The van der Waals surface area contributed by atoms with Crippen LogP contribution >= 0.6 is 23.2 Å². The van der Waals surface area contributed by atoms with Gasteiger partial charge in [0.2, 0.25) is 5.91 Å². The van der Waals surface area contributed by atoms with Gasteiger partial charge in [0, 0.05) is 49.2 Å². The van der Waals surface area contributed by atoms with E-state index < -0.39 is 0 Å². The summed E-state index contributed by atoms with van der Waals surface area (Å²) in [7, 11) is 1.84. The number of piperidine rings is 1. The van der Waals surface area contributed by atoms with Crippen LogP contribution in [0.1, 0.15) is 31.7 Å². The number of likely N-dealkylation sites (tertiary alicyclic amines) is 1. The number of aliphatic imine (C=N–C) groups is 1. The fourth-order valence-electron chi connectivity index (χ4n) is 2.83. The third kappa shape index (κ3) is 6.40. The lowest BCUT2D eigenvalue weighted by Crippen LogP contribution is -2.51. The summed E-state index contributed by atoms with van der Waals surface area (Å²) in [4.78, 5) is 18.0. The van der Waals surface area contributed by atoms with Crippen LogP contribution in [-0.2, 0) is 11.2 Å². The Bertz CT molecular complexity index is 621. The highest BCUT2D eigenvalue weighted by atomic mass is 35.5. The number of carbonyl (C=O) groups excluding carboxylic acids is 1. The summed E-state index contributed by atoms with van der Waals surface area (Å²) in [6.07, 6.45) is 3.19. The number of benzene rings is 1. The van der Waals surface area contributed by atoms with Gasteiger partial charge in [0.25, 0.3) is 0 Å². The molecular formula is C18H26Cl2N4O. The summed E-state index contributed by atoms with van der Waals surface area (Å²) < 4.78 is 0. The molecule has 0 aliphatic carbocycles. The van der Waals surface area contributed by atoms with Crippen LogP contribution in [0.5, 0.6) is 0 Å². The first-order chi connectivity index (χ1) is 12.0. The van der Waals surface area contributed by atoms with Crippen LogP contribution in [0.2, 0.25) is 10.0 Å². The first kappa shape index (κ1) is 19.9. The van der Waals surface area contributed by atoms with E-state index in [2.05, 4.69) is 15.6 Å². The summed E-state index contributed by atoms with van der Waals surface area (Å²) in [5, 5.41) is 8.05. The predicted octanol–water partition coefficient (Wildman–Crippen LogP) is 3.10. The third-order valence-corrected chi connectivity index (χ3v) is 4.79. The van der Waals surface area contributed by atoms with Gasteiger partial charge in [-0.25, -0.2) is 0 Å². The topological polar surface area (TPSA) is 56.7 Å². The summed E-state index contributed by atoms with van der Waals surface area (Å²) in [5.41, 5.74) is 1.09. The Balaban J connectivity index is 1.83. The molecule has 0 radical (unpaired) electrons. The SMILES string of the molecule is CCNC(=NCCCc1ccc(Cl)cc1Cl)NC1CCC(=O)N(C)C1. The highest BCUT2D eigenvalue weighted by molar-refractivity contribution is 6.35. The van der Waals surface area contributed by atoms with Crippen LogP contribution in [-0.4, -0.2) is 49.5 Å². The third-order valence-electron chi connectivity index (χ3n) is 4.20. The molecule has 1 heterocycles. The van der Waals surface area contributed by atoms with Crippen molar-refractivity contribution in [3.8, 4) is 0 Å². The zero-order valence-corrected chi connectivity index (χ0v) is 16.3. The van der Waals surface area contributed by atoms with Crippen molar-refractivity contribution in [3.63, 3.8) is 0 Å². The molecule has 138 valence electrons. The number of hydrogen-bond donors (Lipinski definition) is 2. The lowest BCUT2D eigenvalue weighted by molar-refractivity contribution is -0.132. The van der Waals surface area contributed by atoms with Crippen molar-refractivity contribution in [2.75, 3.05) is 26.7 Å². The maximum absolute atomic E-state index is 11.6. The van der Waals surface area contributed by atoms with Crippen molar-refractivity contribution in [3.05, 3.63) is 33.8 Å². The minimum atomic E-state index is 0.208. The molecule has 7 heteroatoms. The number of halogens is 2. The van der Waals surface area contributed by atoms with E-state index in [-0.39, 0.29) is 11.9 Å². The van der Waals surface area contributed by atoms with Gasteiger partial charge in [-0.05, 0) is 43.9 Å². The average molecular weight is 385 g/mol. The molecule has 1 atom stereocenters. The molecule has 0 spiro atoms. The zero-order chi connectivity index (χ0) is 18.2. The molecule has 0 bridgehead atoms. The average Bonchev–Trinajstić information content (AvgIpc) is 2.56. The van der Waals surface area contributed by atoms with Gasteiger partial charge in [-0.3, -0.25) is 9.79 Å². The van der Waals surface area contributed by atoms with E-state index in [9.17, 15) is 4.79 Å². The largest absolute Gasteiger partial charge is 0.357 e. The fourth-order valence-corrected chi connectivity index (χ4v) is 3.33. The molecule has 1 unspecified atom stereocenters. The second-order valence-electron chi connectivity index (χ2n) is 6.25. The van der Waals surface area contributed by atoms with Gasteiger partial charge in [-0.1, -0.05) is 29.3 Å². The van der Waals surface area contributed by atoms with Gasteiger partial charge in [0.15, 0.2) is 5.96 Å². The maximum atomic E-state index is 11.6. The predicted molar refractivity (Wildman–Crippen MR) is 105 cm³/mol. The van der Waals surface area contributed by atoms with Crippen LogP contribution < -0.4 is 10.6 Å². The van der Waals surface area contributed by atoms with Crippen LogP contribution in [0.3, 0.4) is 0 Å². The van der Waals surface area contributed by atoms with E-state index in [0.29, 0.717) is 29.6 Å². The van der Waals surface area contributed by atoms with Gasteiger partial charge in [0.1, 0.15) is 0 Å². The molecule has 0 saturated carbocycles. The Kier molecular flexibility index (Phi) is 7.85. The summed E-state index contributed by atoms with van der Waals surface area (Å²) in [6.45, 7) is 4.26. The van der Waals surface area contributed by atoms with Crippen molar-refractivity contribution >= 4 is 35.1 Å². The Hall–Kier alpha value is -1.46. The quantitative estimate of drug-likeness (QED) is 0.450. The van der Waals surface area contributed by atoms with Crippen molar-refractivity contribution in [1.29, 1.82) is 0 Å². The molecule has 1 aromatic rings. The number of carbonyl (C=O) groups is 1. The summed E-state index contributed by atoms with van der Waals surface area (Å²) >= 11 is 12.1. The van der Waals surface area contributed by atoms with E-state index in [0.717, 1.165) is 37.3 Å². The first-order valence-corrected chi connectivity index (χ1v) is 9.48. The van der Waals surface area contributed by atoms with Crippen molar-refractivity contribution in [2.24, 2.45) is 4.99 Å². The number of hydrogen-bond acceptors (Lipinski definition) is 2. The van der Waals surface area contributed by atoms with E-state index >= 15 is 0 Å².